The van der Waals surface area contributed by atoms with Crippen LogP contribution in [0, 0.1) is 0 Å². The van der Waals surface area contributed by atoms with Gasteiger partial charge in [0, 0.05) is 30.6 Å². The fraction of sp³-hybridized carbons (Fsp3) is 0.500. The third-order valence-corrected chi connectivity index (χ3v) is 3.51. The second kappa shape index (κ2) is 8.47. The van der Waals surface area contributed by atoms with Crippen LogP contribution < -0.4 is 5.32 Å². The van der Waals surface area contributed by atoms with Crippen molar-refractivity contribution < 1.29 is 9.90 Å². The molecule has 0 saturated heterocycles. The third kappa shape index (κ3) is 5.67. The monoisotopic (exact) mass is 318 g/mol. The number of hydrogen-bond donors (Lipinski definition) is 2. The van der Waals surface area contributed by atoms with Crippen LogP contribution in [0.1, 0.15) is 20.3 Å². The minimum Gasteiger partial charge on any atom is -0.395 e. The van der Waals surface area contributed by atoms with E-state index in [1.54, 1.807) is 18.2 Å². The van der Waals surface area contributed by atoms with Crippen LogP contribution in [0.15, 0.2) is 18.2 Å². The summed E-state index contributed by atoms with van der Waals surface area (Å²) in [6.07, 6.45) is 0.334. The van der Waals surface area contributed by atoms with Crippen LogP contribution in [-0.2, 0) is 4.79 Å². The molecular weight excluding hydrogens is 299 g/mol. The molecule has 112 valence electrons. The van der Waals surface area contributed by atoms with Gasteiger partial charge in [0.1, 0.15) is 0 Å². The number of aliphatic hydroxyl groups excluding tert-OH is 1. The first-order valence-electron chi connectivity index (χ1n) is 6.54. The molecule has 0 bridgehead atoms. The first-order chi connectivity index (χ1) is 9.43. The van der Waals surface area contributed by atoms with E-state index in [1.807, 2.05) is 18.7 Å². The number of carbonyl (C=O) groups is 1. The lowest BCUT2D eigenvalue weighted by Crippen LogP contribution is -2.35. The zero-order valence-corrected chi connectivity index (χ0v) is 13.2. The molecule has 4 nitrogen and oxygen atoms in total. The number of nitrogens with zero attached hydrogens (tertiary/aromatic N) is 1. The van der Waals surface area contributed by atoms with Gasteiger partial charge in [-0.05, 0) is 32.0 Å². The molecule has 0 unspecified atom stereocenters. The molecule has 1 aromatic carbocycles. The predicted octanol–water partition coefficient (Wildman–Crippen LogP) is 3.02. The van der Waals surface area contributed by atoms with Crippen LogP contribution in [0.4, 0.5) is 5.69 Å². The Hall–Kier alpha value is -0.810. The highest BCUT2D eigenvalue weighted by atomic mass is 35.5. The smallest absolute Gasteiger partial charge is 0.225 e. The third-order valence-electron chi connectivity index (χ3n) is 2.95. The van der Waals surface area contributed by atoms with E-state index in [9.17, 15) is 4.79 Å². The number of hydrogen-bond acceptors (Lipinski definition) is 3. The van der Waals surface area contributed by atoms with Crippen LogP contribution in [0.2, 0.25) is 10.0 Å². The fourth-order valence-corrected chi connectivity index (χ4v) is 2.14. The van der Waals surface area contributed by atoms with Crippen LogP contribution in [0.3, 0.4) is 0 Å². The molecule has 1 rings (SSSR count). The number of nitrogens with one attached hydrogen (secondary N) is 1. The number of amides is 1. The molecule has 0 aliphatic heterocycles. The van der Waals surface area contributed by atoms with Crippen LogP contribution in [-0.4, -0.2) is 41.7 Å². The van der Waals surface area contributed by atoms with Gasteiger partial charge in [-0.3, -0.25) is 9.69 Å². The number of anilines is 1. The van der Waals surface area contributed by atoms with Gasteiger partial charge >= 0.3 is 0 Å². The van der Waals surface area contributed by atoms with Gasteiger partial charge in [-0.15, -0.1) is 0 Å². The summed E-state index contributed by atoms with van der Waals surface area (Å²) in [5, 5.41) is 12.7. The molecule has 20 heavy (non-hydrogen) atoms. The van der Waals surface area contributed by atoms with E-state index in [0.29, 0.717) is 35.2 Å². The maximum atomic E-state index is 11.9. The maximum absolute atomic E-state index is 11.9. The fourth-order valence-electron chi connectivity index (χ4n) is 1.81. The summed E-state index contributed by atoms with van der Waals surface area (Å²) in [5.74, 6) is -0.127. The molecule has 0 heterocycles. The first kappa shape index (κ1) is 17.2. The summed E-state index contributed by atoms with van der Waals surface area (Å²) in [5.41, 5.74) is 0.516. The number of aliphatic hydroxyl groups is 1. The van der Waals surface area contributed by atoms with Gasteiger partial charge < -0.3 is 10.4 Å². The second-order valence-electron chi connectivity index (χ2n) is 4.78. The first-order valence-corrected chi connectivity index (χ1v) is 7.29. The van der Waals surface area contributed by atoms with Crippen molar-refractivity contribution in [2.75, 3.05) is 25.0 Å². The van der Waals surface area contributed by atoms with E-state index >= 15 is 0 Å². The number of rotatable bonds is 7. The van der Waals surface area contributed by atoms with E-state index < -0.39 is 0 Å². The average Bonchev–Trinajstić information content (AvgIpc) is 2.38. The molecule has 0 spiro atoms. The van der Waals surface area contributed by atoms with Gasteiger partial charge in [-0.1, -0.05) is 23.2 Å². The summed E-state index contributed by atoms with van der Waals surface area (Å²) in [6, 6.07) is 5.22. The Bertz CT molecular complexity index is 453. The minimum atomic E-state index is -0.127. The molecule has 0 radical (unpaired) electrons. The van der Waals surface area contributed by atoms with E-state index in [0.717, 1.165) is 0 Å². The van der Waals surface area contributed by atoms with Crippen LogP contribution in [0.25, 0.3) is 0 Å². The lowest BCUT2D eigenvalue weighted by molar-refractivity contribution is -0.116. The molecule has 0 aromatic heterocycles. The summed E-state index contributed by atoms with van der Waals surface area (Å²) in [4.78, 5) is 13.9. The second-order valence-corrected chi connectivity index (χ2v) is 5.62. The normalized spacial score (nSPS) is 11.2. The zero-order valence-electron chi connectivity index (χ0n) is 11.7. The van der Waals surface area contributed by atoms with Crippen molar-refractivity contribution in [1.82, 2.24) is 4.90 Å². The molecule has 0 aliphatic carbocycles. The SMILES string of the molecule is CC(C)N(CCO)CCC(=O)Nc1cc(Cl)ccc1Cl. The molecule has 2 N–H and O–H groups in total. The van der Waals surface area contributed by atoms with Gasteiger partial charge in [0.05, 0.1) is 17.3 Å². The van der Waals surface area contributed by atoms with E-state index in [1.165, 1.54) is 0 Å². The molecule has 0 fully saturated rings. The Labute approximate surface area is 129 Å². The number of carbonyl (C=O) groups excluding carboxylic acids is 1. The molecule has 1 aromatic rings. The van der Waals surface area contributed by atoms with Crippen molar-refractivity contribution >= 4 is 34.8 Å². The highest BCUT2D eigenvalue weighted by Gasteiger charge is 2.12. The summed E-state index contributed by atoms with van der Waals surface area (Å²) >= 11 is 11.9. The van der Waals surface area contributed by atoms with Crippen molar-refractivity contribution in [2.24, 2.45) is 0 Å². The average molecular weight is 319 g/mol. The molecular formula is C14H20Cl2N2O2. The standard InChI is InChI=1S/C14H20Cl2N2O2/c1-10(2)18(7-8-19)6-5-14(20)17-13-9-11(15)3-4-12(13)16/h3-4,9-10,19H,5-8H2,1-2H3,(H,17,20). The van der Waals surface area contributed by atoms with Crippen molar-refractivity contribution in [1.29, 1.82) is 0 Å². The molecule has 0 saturated carbocycles. The lowest BCUT2D eigenvalue weighted by Gasteiger charge is -2.25. The predicted molar refractivity (Wildman–Crippen MR) is 83.5 cm³/mol. The van der Waals surface area contributed by atoms with Crippen molar-refractivity contribution in [3.05, 3.63) is 28.2 Å². The van der Waals surface area contributed by atoms with Gasteiger partial charge in [0.25, 0.3) is 0 Å². The van der Waals surface area contributed by atoms with E-state index in [4.69, 9.17) is 28.3 Å². The summed E-state index contributed by atoms with van der Waals surface area (Å²) in [7, 11) is 0. The van der Waals surface area contributed by atoms with Crippen molar-refractivity contribution in [2.45, 2.75) is 26.3 Å². The van der Waals surface area contributed by atoms with Crippen LogP contribution in [0.5, 0.6) is 0 Å². The van der Waals surface area contributed by atoms with Crippen molar-refractivity contribution in [3.63, 3.8) is 0 Å². The number of halogens is 2. The summed E-state index contributed by atoms with van der Waals surface area (Å²) in [6.45, 7) is 5.29. The summed E-state index contributed by atoms with van der Waals surface area (Å²) < 4.78 is 0. The highest BCUT2D eigenvalue weighted by molar-refractivity contribution is 6.35. The minimum absolute atomic E-state index is 0.0833. The Balaban J connectivity index is 2.53. The van der Waals surface area contributed by atoms with Crippen molar-refractivity contribution in [3.8, 4) is 0 Å². The quantitative estimate of drug-likeness (QED) is 0.812. The Kier molecular flexibility index (Phi) is 7.30. The largest absolute Gasteiger partial charge is 0.395 e. The zero-order chi connectivity index (χ0) is 15.1. The highest BCUT2D eigenvalue weighted by Crippen LogP contribution is 2.25. The molecule has 6 heteroatoms. The van der Waals surface area contributed by atoms with Gasteiger partial charge in [-0.2, -0.15) is 0 Å². The molecule has 0 atom stereocenters. The molecule has 0 aliphatic rings. The van der Waals surface area contributed by atoms with Gasteiger partial charge in [0.15, 0.2) is 0 Å². The van der Waals surface area contributed by atoms with E-state index in [2.05, 4.69) is 5.32 Å². The topological polar surface area (TPSA) is 52.6 Å². The Morgan fingerprint density at radius 3 is 2.65 bits per heavy atom. The Morgan fingerprint density at radius 1 is 1.35 bits per heavy atom. The lowest BCUT2D eigenvalue weighted by atomic mass is 10.2. The van der Waals surface area contributed by atoms with Gasteiger partial charge in [0.2, 0.25) is 5.91 Å². The molecule has 1 amide bonds. The van der Waals surface area contributed by atoms with Gasteiger partial charge in [-0.25, -0.2) is 0 Å². The van der Waals surface area contributed by atoms with E-state index in [-0.39, 0.29) is 18.6 Å². The number of benzene rings is 1. The maximum Gasteiger partial charge on any atom is 0.225 e. The Morgan fingerprint density at radius 2 is 2.05 bits per heavy atom. The van der Waals surface area contributed by atoms with Crippen LogP contribution >= 0.6 is 23.2 Å².